The van der Waals surface area contributed by atoms with E-state index >= 15 is 0 Å². The van der Waals surface area contributed by atoms with Crippen molar-refractivity contribution in [2.45, 2.75) is 12.8 Å². The molecule has 130 valence electrons. The fraction of sp³-hybridized carbons (Fsp3) is 0.250. The summed E-state index contributed by atoms with van der Waals surface area (Å²) < 4.78 is 21.4. The summed E-state index contributed by atoms with van der Waals surface area (Å²) in [7, 11) is 4.63. The maximum Gasteiger partial charge on any atom is 0.305 e. The average Bonchev–Trinajstić information content (AvgIpc) is 3.09. The second-order valence-electron chi connectivity index (χ2n) is 5.64. The summed E-state index contributed by atoms with van der Waals surface area (Å²) in [5, 5.41) is 0.928. The molecule has 0 saturated carbocycles. The van der Waals surface area contributed by atoms with E-state index in [1.54, 1.807) is 14.2 Å². The highest BCUT2D eigenvalue weighted by Gasteiger charge is 2.13. The molecule has 0 atom stereocenters. The lowest BCUT2D eigenvalue weighted by atomic mass is 10.1. The van der Waals surface area contributed by atoms with Crippen LogP contribution in [0.25, 0.3) is 22.3 Å². The second-order valence-corrected chi connectivity index (χ2v) is 5.64. The number of carbonyl (C=O) groups is 1. The van der Waals surface area contributed by atoms with Gasteiger partial charge in [-0.2, -0.15) is 0 Å². The number of hydrogen-bond donors (Lipinski definition) is 0. The molecule has 25 heavy (non-hydrogen) atoms. The summed E-state index contributed by atoms with van der Waals surface area (Å²) in [6, 6.07) is 13.6. The molecule has 0 unspecified atom stereocenters. The number of hydrogen-bond acceptors (Lipinski definition) is 5. The zero-order valence-corrected chi connectivity index (χ0v) is 14.5. The Morgan fingerprint density at radius 3 is 2.60 bits per heavy atom. The molecule has 0 radical (unpaired) electrons. The Labute approximate surface area is 146 Å². The molecule has 0 aliphatic rings. The van der Waals surface area contributed by atoms with Gasteiger partial charge in [0.25, 0.3) is 0 Å². The van der Waals surface area contributed by atoms with Gasteiger partial charge < -0.3 is 18.6 Å². The third kappa shape index (κ3) is 3.60. The van der Waals surface area contributed by atoms with Gasteiger partial charge >= 0.3 is 5.97 Å². The van der Waals surface area contributed by atoms with Gasteiger partial charge in [0.15, 0.2) is 11.3 Å². The van der Waals surface area contributed by atoms with E-state index in [1.807, 2.05) is 42.5 Å². The first-order valence-electron chi connectivity index (χ1n) is 7.96. The third-order valence-electron chi connectivity index (χ3n) is 4.06. The number of furan rings is 1. The van der Waals surface area contributed by atoms with E-state index in [9.17, 15) is 4.79 Å². The summed E-state index contributed by atoms with van der Waals surface area (Å²) in [5.74, 6) is 1.91. The maximum atomic E-state index is 11.4. The van der Waals surface area contributed by atoms with Crippen LogP contribution in [0, 0.1) is 0 Å². The number of esters is 1. The summed E-state index contributed by atoms with van der Waals surface area (Å²) in [4.78, 5) is 11.4. The van der Waals surface area contributed by atoms with Crippen molar-refractivity contribution in [2.24, 2.45) is 0 Å². The van der Waals surface area contributed by atoms with Gasteiger partial charge in [0, 0.05) is 17.4 Å². The van der Waals surface area contributed by atoms with Crippen LogP contribution in [-0.4, -0.2) is 27.3 Å². The van der Waals surface area contributed by atoms with Crippen molar-refractivity contribution in [3.05, 3.63) is 48.0 Å². The molecule has 1 heterocycles. The normalized spacial score (nSPS) is 10.7. The fourth-order valence-electron chi connectivity index (χ4n) is 2.74. The van der Waals surface area contributed by atoms with E-state index in [0.717, 1.165) is 28.0 Å². The third-order valence-corrected chi connectivity index (χ3v) is 4.06. The van der Waals surface area contributed by atoms with Crippen molar-refractivity contribution >= 4 is 16.9 Å². The van der Waals surface area contributed by atoms with Crippen LogP contribution in [0.5, 0.6) is 11.5 Å². The SMILES string of the molecule is COC(=O)CCc1cc(OC)c2oc(-c3cccc(OC)c3)cc2c1. The Kier molecular flexibility index (Phi) is 4.93. The molecule has 3 rings (SSSR count). The predicted octanol–water partition coefficient (Wildman–Crippen LogP) is 4.22. The van der Waals surface area contributed by atoms with Gasteiger partial charge in [-0.15, -0.1) is 0 Å². The van der Waals surface area contributed by atoms with Crippen molar-refractivity contribution in [1.29, 1.82) is 0 Å². The van der Waals surface area contributed by atoms with E-state index in [0.29, 0.717) is 24.2 Å². The molecule has 0 fully saturated rings. The highest BCUT2D eigenvalue weighted by atomic mass is 16.5. The van der Waals surface area contributed by atoms with E-state index in [-0.39, 0.29) is 5.97 Å². The Hall–Kier alpha value is -2.95. The number of fused-ring (bicyclic) bond motifs is 1. The molecular formula is C20H20O5. The standard InChI is InChI=1S/C20H20O5/c1-22-16-6-4-5-14(11-16)17-12-15-9-13(7-8-19(21)24-3)10-18(23-2)20(15)25-17/h4-6,9-12H,7-8H2,1-3H3. The van der Waals surface area contributed by atoms with E-state index in [4.69, 9.17) is 18.6 Å². The molecule has 1 aromatic heterocycles. The van der Waals surface area contributed by atoms with Crippen LogP contribution >= 0.6 is 0 Å². The van der Waals surface area contributed by atoms with Gasteiger partial charge in [-0.25, -0.2) is 0 Å². The van der Waals surface area contributed by atoms with Gasteiger partial charge in [0.2, 0.25) is 0 Å². The van der Waals surface area contributed by atoms with Gasteiger partial charge in [-0.3, -0.25) is 4.79 Å². The van der Waals surface area contributed by atoms with Crippen molar-refractivity contribution in [2.75, 3.05) is 21.3 Å². The van der Waals surface area contributed by atoms with Gasteiger partial charge in [-0.05, 0) is 42.3 Å². The smallest absolute Gasteiger partial charge is 0.305 e. The van der Waals surface area contributed by atoms with E-state index in [2.05, 4.69) is 0 Å². The Morgan fingerprint density at radius 1 is 1.04 bits per heavy atom. The molecule has 0 saturated heterocycles. The van der Waals surface area contributed by atoms with Crippen LogP contribution in [0.1, 0.15) is 12.0 Å². The molecule has 0 spiro atoms. The Bertz CT molecular complexity index is 894. The minimum atomic E-state index is -0.233. The van der Waals surface area contributed by atoms with E-state index < -0.39 is 0 Å². The first-order chi connectivity index (χ1) is 12.1. The monoisotopic (exact) mass is 340 g/mol. The molecule has 0 aliphatic heterocycles. The summed E-state index contributed by atoms with van der Waals surface area (Å²) in [5.41, 5.74) is 2.60. The van der Waals surface area contributed by atoms with Crippen LogP contribution in [0.4, 0.5) is 0 Å². The molecular weight excluding hydrogens is 320 g/mol. The van der Waals surface area contributed by atoms with Crippen LogP contribution in [0.15, 0.2) is 46.9 Å². The van der Waals surface area contributed by atoms with Crippen molar-refractivity contribution < 1.29 is 23.4 Å². The maximum absolute atomic E-state index is 11.4. The first kappa shape index (κ1) is 16.9. The molecule has 0 bridgehead atoms. The van der Waals surface area contributed by atoms with Gasteiger partial charge in [0.05, 0.1) is 21.3 Å². The number of benzene rings is 2. The summed E-state index contributed by atoms with van der Waals surface area (Å²) >= 11 is 0. The van der Waals surface area contributed by atoms with Crippen LogP contribution < -0.4 is 9.47 Å². The highest BCUT2D eigenvalue weighted by Crippen LogP contribution is 2.35. The number of methoxy groups -OCH3 is 3. The van der Waals surface area contributed by atoms with Crippen LogP contribution in [-0.2, 0) is 16.0 Å². The average molecular weight is 340 g/mol. The van der Waals surface area contributed by atoms with Crippen LogP contribution in [0.3, 0.4) is 0 Å². The minimum absolute atomic E-state index is 0.233. The molecule has 5 heteroatoms. The Morgan fingerprint density at radius 2 is 1.88 bits per heavy atom. The number of carbonyl (C=O) groups excluding carboxylic acids is 1. The van der Waals surface area contributed by atoms with Crippen molar-refractivity contribution in [1.82, 2.24) is 0 Å². The van der Waals surface area contributed by atoms with Gasteiger partial charge in [-0.1, -0.05) is 12.1 Å². The second kappa shape index (κ2) is 7.30. The number of rotatable bonds is 6. The molecule has 0 aliphatic carbocycles. The predicted molar refractivity (Wildman–Crippen MR) is 95.1 cm³/mol. The lowest BCUT2D eigenvalue weighted by Gasteiger charge is -2.05. The first-order valence-corrected chi connectivity index (χ1v) is 7.96. The summed E-state index contributed by atoms with van der Waals surface area (Å²) in [6.45, 7) is 0. The highest BCUT2D eigenvalue weighted by molar-refractivity contribution is 5.88. The van der Waals surface area contributed by atoms with Crippen LogP contribution in [0.2, 0.25) is 0 Å². The zero-order valence-electron chi connectivity index (χ0n) is 14.5. The van der Waals surface area contributed by atoms with Gasteiger partial charge in [0.1, 0.15) is 11.5 Å². The quantitative estimate of drug-likeness (QED) is 0.629. The molecule has 0 N–H and O–H groups in total. The van der Waals surface area contributed by atoms with E-state index in [1.165, 1.54) is 7.11 Å². The minimum Gasteiger partial charge on any atom is -0.497 e. The lowest BCUT2D eigenvalue weighted by molar-refractivity contribution is -0.140. The fourth-order valence-corrected chi connectivity index (χ4v) is 2.74. The number of ether oxygens (including phenoxy) is 3. The zero-order chi connectivity index (χ0) is 17.8. The summed E-state index contributed by atoms with van der Waals surface area (Å²) in [6.07, 6.45) is 0.907. The van der Waals surface area contributed by atoms with Crippen molar-refractivity contribution in [3.8, 4) is 22.8 Å². The molecule has 5 nitrogen and oxygen atoms in total. The lowest BCUT2D eigenvalue weighted by Crippen LogP contribution is -2.02. The molecule has 0 amide bonds. The Balaban J connectivity index is 1.99. The number of aryl methyl sites for hydroxylation is 1. The topological polar surface area (TPSA) is 57.9 Å². The largest absolute Gasteiger partial charge is 0.497 e. The molecule has 2 aromatic carbocycles. The molecule has 3 aromatic rings. The van der Waals surface area contributed by atoms with Crippen molar-refractivity contribution in [3.63, 3.8) is 0 Å².